The van der Waals surface area contributed by atoms with Crippen LogP contribution in [0.2, 0.25) is 0 Å². The minimum atomic E-state index is -0.457. The number of ether oxygens (including phenoxy) is 2. The predicted octanol–water partition coefficient (Wildman–Crippen LogP) is 2.42. The SMILES string of the molecule is COc1ccc(C(=O)NNC(=S)NC(=O)c2ccccc2OC)cc1Br. The van der Waals surface area contributed by atoms with Crippen molar-refractivity contribution in [3.8, 4) is 11.5 Å². The van der Waals surface area contributed by atoms with E-state index in [-0.39, 0.29) is 5.11 Å². The summed E-state index contributed by atoms with van der Waals surface area (Å²) in [6.07, 6.45) is 0. The first-order valence-electron chi connectivity index (χ1n) is 7.34. The zero-order valence-electron chi connectivity index (χ0n) is 14.0. The smallest absolute Gasteiger partial charge is 0.269 e. The number of amides is 2. The van der Waals surface area contributed by atoms with Gasteiger partial charge in [-0.05, 0) is 58.5 Å². The summed E-state index contributed by atoms with van der Waals surface area (Å²) in [5, 5.41) is 2.41. The molecule has 2 aromatic rings. The van der Waals surface area contributed by atoms with E-state index in [4.69, 9.17) is 21.7 Å². The van der Waals surface area contributed by atoms with Gasteiger partial charge in [-0.25, -0.2) is 0 Å². The summed E-state index contributed by atoms with van der Waals surface area (Å²) in [4.78, 5) is 24.3. The van der Waals surface area contributed by atoms with Crippen LogP contribution in [0.25, 0.3) is 0 Å². The second-order valence-corrected chi connectivity index (χ2v) is 6.17. The molecule has 0 aliphatic rings. The van der Waals surface area contributed by atoms with Crippen molar-refractivity contribution in [2.24, 2.45) is 0 Å². The van der Waals surface area contributed by atoms with Gasteiger partial charge in [-0.15, -0.1) is 0 Å². The fourth-order valence-electron chi connectivity index (χ4n) is 2.03. The average Bonchev–Trinajstić information content (AvgIpc) is 2.65. The van der Waals surface area contributed by atoms with Crippen LogP contribution in [0, 0.1) is 0 Å². The van der Waals surface area contributed by atoms with Crippen LogP contribution in [-0.2, 0) is 0 Å². The summed E-state index contributed by atoms with van der Waals surface area (Å²) in [5.74, 6) is 0.137. The minimum Gasteiger partial charge on any atom is -0.496 e. The molecule has 0 spiro atoms. The van der Waals surface area contributed by atoms with Gasteiger partial charge in [0.15, 0.2) is 5.11 Å². The van der Waals surface area contributed by atoms with Crippen molar-refractivity contribution in [2.45, 2.75) is 0 Å². The Hall–Kier alpha value is -2.65. The molecule has 0 unspecified atom stereocenters. The van der Waals surface area contributed by atoms with Crippen LogP contribution < -0.4 is 25.6 Å². The predicted molar refractivity (Wildman–Crippen MR) is 104 cm³/mol. The number of hydrazine groups is 1. The summed E-state index contributed by atoms with van der Waals surface area (Å²) in [6, 6.07) is 11.6. The van der Waals surface area contributed by atoms with Gasteiger partial charge in [-0.3, -0.25) is 25.8 Å². The average molecular weight is 438 g/mol. The zero-order valence-corrected chi connectivity index (χ0v) is 16.4. The highest BCUT2D eigenvalue weighted by Crippen LogP contribution is 2.25. The van der Waals surface area contributed by atoms with E-state index in [0.717, 1.165) is 0 Å². The Labute approximate surface area is 164 Å². The summed E-state index contributed by atoms with van der Waals surface area (Å²) >= 11 is 8.32. The van der Waals surface area contributed by atoms with E-state index >= 15 is 0 Å². The third-order valence-corrected chi connectivity index (χ3v) is 4.11. The van der Waals surface area contributed by atoms with Crippen molar-refractivity contribution in [3.05, 3.63) is 58.1 Å². The Bertz CT molecular complexity index is 845. The molecule has 0 saturated carbocycles. The normalized spacial score (nSPS) is 9.81. The van der Waals surface area contributed by atoms with E-state index in [1.807, 2.05) is 0 Å². The molecule has 0 aliphatic carbocycles. The summed E-state index contributed by atoms with van der Waals surface area (Å²) < 4.78 is 10.9. The first kappa shape index (κ1) is 19.7. The molecule has 0 heterocycles. The van der Waals surface area contributed by atoms with Crippen molar-refractivity contribution < 1.29 is 19.1 Å². The molecule has 0 aliphatic heterocycles. The van der Waals surface area contributed by atoms with Gasteiger partial charge >= 0.3 is 0 Å². The summed E-state index contributed by atoms with van der Waals surface area (Å²) in [7, 11) is 3.00. The van der Waals surface area contributed by atoms with Gasteiger partial charge < -0.3 is 9.47 Å². The van der Waals surface area contributed by atoms with Crippen LogP contribution in [-0.4, -0.2) is 31.1 Å². The van der Waals surface area contributed by atoms with Crippen molar-refractivity contribution in [3.63, 3.8) is 0 Å². The van der Waals surface area contributed by atoms with Gasteiger partial charge in [0.05, 0.1) is 24.3 Å². The molecule has 0 radical (unpaired) electrons. The maximum atomic E-state index is 12.2. The van der Waals surface area contributed by atoms with E-state index in [2.05, 4.69) is 32.1 Å². The molecule has 0 saturated heterocycles. The van der Waals surface area contributed by atoms with Gasteiger partial charge in [-0.2, -0.15) is 0 Å². The highest BCUT2D eigenvalue weighted by molar-refractivity contribution is 9.10. The van der Waals surface area contributed by atoms with Crippen LogP contribution in [0.1, 0.15) is 20.7 Å². The molecule has 0 atom stereocenters. The number of nitrogens with one attached hydrogen (secondary N) is 3. The molecule has 2 amide bonds. The molecule has 2 rings (SSSR count). The Morgan fingerprint density at radius 3 is 2.31 bits per heavy atom. The zero-order chi connectivity index (χ0) is 19.1. The number of hydrogen-bond donors (Lipinski definition) is 3. The lowest BCUT2D eigenvalue weighted by atomic mass is 10.2. The Morgan fingerprint density at radius 2 is 1.65 bits per heavy atom. The number of methoxy groups -OCH3 is 2. The number of benzene rings is 2. The van der Waals surface area contributed by atoms with Gasteiger partial charge in [0.2, 0.25) is 0 Å². The molecule has 136 valence electrons. The Balaban J connectivity index is 1.93. The minimum absolute atomic E-state index is 0.0539. The molecule has 9 heteroatoms. The van der Waals surface area contributed by atoms with E-state index in [9.17, 15) is 9.59 Å². The highest BCUT2D eigenvalue weighted by atomic mass is 79.9. The number of hydrogen-bond acceptors (Lipinski definition) is 5. The molecule has 3 N–H and O–H groups in total. The van der Waals surface area contributed by atoms with Crippen molar-refractivity contribution in [1.29, 1.82) is 0 Å². The topological polar surface area (TPSA) is 88.7 Å². The van der Waals surface area contributed by atoms with Crippen molar-refractivity contribution in [2.75, 3.05) is 14.2 Å². The molecule has 0 bridgehead atoms. The lowest BCUT2D eigenvalue weighted by Crippen LogP contribution is -2.48. The Kier molecular flexibility index (Phi) is 6.93. The van der Waals surface area contributed by atoms with Crippen LogP contribution in [0.15, 0.2) is 46.9 Å². The first-order valence-corrected chi connectivity index (χ1v) is 8.54. The fraction of sp³-hybridized carbons (Fsp3) is 0.118. The third-order valence-electron chi connectivity index (χ3n) is 3.28. The molecule has 2 aromatic carbocycles. The van der Waals surface area contributed by atoms with Gasteiger partial charge in [0.1, 0.15) is 11.5 Å². The molecule has 0 aromatic heterocycles. The van der Waals surface area contributed by atoms with Gasteiger partial charge in [0.25, 0.3) is 11.8 Å². The van der Waals surface area contributed by atoms with Crippen LogP contribution in [0.4, 0.5) is 0 Å². The second-order valence-electron chi connectivity index (χ2n) is 4.91. The standard InChI is InChI=1S/C17H16BrN3O4S/c1-24-13-6-4-3-5-11(13)16(23)19-17(26)21-20-15(22)10-7-8-14(25-2)12(18)9-10/h3-9H,1-2H3,(H,20,22)(H2,19,21,23,26). The number of para-hydroxylation sites is 1. The van der Waals surface area contributed by atoms with Crippen LogP contribution >= 0.6 is 28.1 Å². The number of thiocarbonyl (C=S) groups is 1. The van der Waals surface area contributed by atoms with Gasteiger partial charge in [0, 0.05) is 5.56 Å². The largest absolute Gasteiger partial charge is 0.496 e. The van der Waals surface area contributed by atoms with Crippen LogP contribution in [0.3, 0.4) is 0 Å². The maximum Gasteiger partial charge on any atom is 0.269 e. The van der Waals surface area contributed by atoms with Crippen LogP contribution in [0.5, 0.6) is 11.5 Å². The number of rotatable bonds is 4. The molecule has 7 nitrogen and oxygen atoms in total. The highest BCUT2D eigenvalue weighted by Gasteiger charge is 2.14. The fourth-order valence-corrected chi connectivity index (χ4v) is 2.71. The summed E-state index contributed by atoms with van der Waals surface area (Å²) in [5.41, 5.74) is 5.59. The van der Waals surface area contributed by atoms with E-state index in [0.29, 0.717) is 27.1 Å². The number of halogens is 1. The van der Waals surface area contributed by atoms with E-state index < -0.39 is 11.8 Å². The number of carbonyl (C=O) groups is 2. The monoisotopic (exact) mass is 437 g/mol. The lowest BCUT2D eigenvalue weighted by Gasteiger charge is -2.12. The molecule has 26 heavy (non-hydrogen) atoms. The molecular formula is C17H16BrN3O4S. The summed E-state index contributed by atoms with van der Waals surface area (Å²) in [6.45, 7) is 0. The quantitative estimate of drug-likeness (QED) is 0.502. The second kappa shape index (κ2) is 9.16. The Morgan fingerprint density at radius 1 is 0.962 bits per heavy atom. The van der Waals surface area contributed by atoms with Gasteiger partial charge in [-0.1, -0.05) is 12.1 Å². The van der Waals surface area contributed by atoms with Crippen molar-refractivity contribution >= 4 is 45.1 Å². The number of carbonyl (C=O) groups excluding carboxylic acids is 2. The maximum absolute atomic E-state index is 12.2. The molecular weight excluding hydrogens is 422 g/mol. The lowest BCUT2D eigenvalue weighted by molar-refractivity contribution is 0.0934. The van der Waals surface area contributed by atoms with Crippen molar-refractivity contribution in [1.82, 2.24) is 16.2 Å². The van der Waals surface area contributed by atoms with E-state index in [1.165, 1.54) is 14.2 Å². The van der Waals surface area contributed by atoms with E-state index in [1.54, 1.807) is 42.5 Å². The first-order chi connectivity index (χ1) is 12.5. The molecule has 0 fully saturated rings. The third kappa shape index (κ3) is 4.93.